The fourth-order valence-corrected chi connectivity index (χ4v) is 0.725. The SMILES string of the molecule is C=C/C=C\C(=C/N)C[C@@H](N)C(=O)O. The van der Waals surface area contributed by atoms with Crippen molar-refractivity contribution in [1.82, 2.24) is 0 Å². The predicted octanol–water partition coefficient (Wildman–Crippen LogP) is 0.373. The van der Waals surface area contributed by atoms with E-state index < -0.39 is 12.0 Å². The van der Waals surface area contributed by atoms with Gasteiger partial charge in [-0.25, -0.2) is 0 Å². The molecule has 0 amide bonds. The summed E-state index contributed by atoms with van der Waals surface area (Å²) in [5.74, 6) is -1.04. The van der Waals surface area contributed by atoms with Crippen molar-refractivity contribution in [3.63, 3.8) is 0 Å². The molecule has 72 valence electrons. The molecule has 0 saturated carbocycles. The molecule has 0 saturated heterocycles. The summed E-state index contributed by atoms with van der Waals surface area (Å²) in [6.07, 6.45) is 6.48. The summed E-state index contributed by atoms with van der Waals surface area (Å²) in [4.78, 5) is 10.4. The standard InChI is InChI=1S/C9H14N2O2/c1-2-3-4-7(6-10)5-8(11)9(12)13/h2-4,6,8H,1,5,10-11H2,(H,12,13)/b4-3-,7-6+/t8-/m1/s1. The molecule has 5 N–H and O–H groups in total. The van der Waals surface area contributed by atoms with Gasteiger partial charge in [0.15, 0.2) is 0 Å². The van der Waals surface area contributed by atoms with Crippen molar-refractivity contribution in [3.05, 3.63) is 36.6 Å². The van der Waals surface area contributed by atoms with Gasteiger partial charge in [0.25, 0.3) is 0 Å². The number of hydrogen-bond acceptors (Lipinski definition) is 3. The Kier molecular flexibility index (Phi) is 5.30. The van der Waals surface area contributed by atoms with Gasteiger partial charge in [0.1, 0.15) is 6.04 Å². The van der Waals surface area contributed by atoms with Gasteiger partial charge < -0.3 is 16.6 Å². The molecule has 13 heavy (non-hydrogen) atoms. The topological polar surface area (TPSA) is 89.3 Å². The molecular weight excluding hydrogens is 168 g/mol. The molecule has 0 aliphatic carbocycles. The van der Waals surface area contributed by atoms with Crippen LogP contribution in [0.3, 0.4) is 0 Å². The summed E-state index contributed by atoms with van der Waals surface area (Å²) >= 11 is 0. The largest absolute Gasteiger partial charge is 0.480 e. The number of carboxylic acid groups (broad SMARTS) is 1. The molecule has 0 aromatic heterocycles. The van der Waals surface area contributed by atoms with Gasteiger partial charge in [0.05, 0.1) is 0 Å². The van der Waals surface area contributed by atoms with Gasteiger partial charge >= 0.3 is 5.97 Å². The van der Waals surface area contributed by atoms with E-state index in [4.69, 9.17) is 16.6 Å². The maximum absolute atomic E-state index is 10.4. The molecule has 0 radical (unpaired) electrons. The van der Waals surface area contributed by atoms with Crippen molar-refractivity contribution in [3.8, 4) is 0 Å². The second kappa shape index (κ2) is 6.02. The number of rotatable bonds is 5. The van der Waals surface area contributed by atoms with Crippen LogP contribution in [0.25, 0.3) is 0 Å². The van der Waals surface area contributed by atoms with Crippen molar-refractivity contribution in [2.45, 2.75) is 12.5 Å². The second-order valence-electron chi connectivity index (χ2n) is 2.49. The molecule has 4 heteroatoms. The maximum atomic E-state index is 10.4. The summed E-state index contributed by atoms with van der Waals surface area (Å²) in [7, 11) is 0. The van der Waals surface area contributed by atoms with Crippen molar-refractivity contribution in [1.29, 1.82) is 0 Å². The Balaban J connectivity index is 4.22. The molecule has 4 nitrogen and oxygen atoms in total. The van der Waals surface area contributed by atoms with Crippen LogP contribution in [0.15, 0.2) is 36.6 Å². The van der Waals surface area contributed by atoms with Gasteiger partial charge in [-0.1, -0.05) is 24.8 Å². The van der Waals surface area contributed by atoms with Gasteiger partial charge in [-0.3, -0.25) is 4.79 Å². The van der Waals surface area contributed by atoms with Gasteiger partial charge in [0.2, 0.25) is 0 Å². The number of nitrogens with two attached hydrogens (primary N) is 2. The predicted molar refractivity (Wildman–Crippen MR) is 51.8 cm³/mol. The highest BCUT2D eigenvalue weighted by Crippen LogP contribution is 2.04. The van der Waals surface area contributed by atoms with Crippen molar-refractivity contribution in [2.24, 2.45) is 11.5 Å². The lowest BCUT2D eigenvalue weighted by atomic mass is 10.1. The zero-order valence-electron chi connectivity index (χ0n) is 7.31. The van der Waals surface area contributed by atoms with E-state index in [2.05, 4.69) is 6.58 Å². The van der Waals surface area contributed by atoms with Crippen LogP contribution in [0.5, 0.6) is 0 Å². The van der Waals surface area contributed by atoms with Crippen LogP contribution >= 0.6 is 0 Å². The molecular formula is C9H14N2O2. The average Bonchev–Trinajstić information content (AvgIpc) is 2.11. The average molecular weight is 182 g/mol. The van der Waals surface area contributed by atoms with Gasteiger partial charge in [-0.2, -0.15) is 0 Å². The van der Waals surface area contributed by atoms with Gasteiger partial charge in [0, 0.05) is 0 Å². The first-order chi connectivity index (χ1) is 6.11. The Morgan fingerprint density at radius 3 is 2.62 bits per heavy atom. The summed E-state index contributed by atoms with van der Waals surface area (Å²) in [5.41, 5.74) is 11.3. The lowest BCUT2D eigenvalue weighted by Gasteiger charge is -2.05. The third-order valence-corrected chi connectivity index (χ3v) is 1.43. The van der Waals surface area contributed by atoms with Crippen LogP contribution in [0.1, 0.15) is 6.42 Å². The van der Waals surface area contributed by atoms with Gasteiger partial charge in [-0.15, -0.1) is 0 Å². The molecule has 0 unspecified atom stereocenters. The fourth-order valence-electron chi connectivity index (χ4n) is 0.725. The van der Waals surface area contributed by atoms with E-state index in [0.717, 1.165) is 0 Å². The molecule has 0 spiro atoms. The number of carboxylic acids is 1. The van der Waals surface area contributed by atoms with E-state index >= 15 is 0 Å². The molecule has 0 fully saturated rings. The first-order valence-corrected chi connectivity index (χ1v) is 3.80. The van der Waals surface area contributed by atoms with E-state index in [1.807, 2.05) is 0 Å². The highest BCUT2D eigenvalue weighted by atomic mass is 16.4. The van der Waals surface area contributed by atoms with Crippen LogP contribution in [0.2, 0.25) is 0 Å². The normalized spacial score (nSPS) is 14.4. The first-order valence-electron chi connectivity index (χ1n) is 3.80. The summed E-state index contributed by atoms with van der Waals surface area (Å²) < 4.78 is 0. The smallest absolute Gasteiger partial charge is 0.320 e. The van der Waals surface area contributed by atoms with Gasteiger partial charge in [-0.05, 0) is 18.2 Å². The lowest BCUT2D eigenvalue weighted by Crippen LogP contribution is -2.30. The maximum Gasteiger partial charge on any atom is 0.320 e. The third kappa shape index (κ3) is 4.81. The molecule has 0 rings (SSSR count). The Morgan fingerprint density at radius 1 is 1.62 bits per heavy atom. The van der Waals surface area contributed by atoms with Crippen LogP contribution < -0.4 is 11.5 Å². The monoisotopic (exact) mass is 182 g/mol. The molecule has 0 heterocycles. The highest BCUT2D eigenvalue weighted by molar-refractivity contribution is 5.73. The summed E-state index contributed by atoms with van der Waals surface area (Å²) in [6, 6.07) is -0.913. The minimum atomic E-state index is -1.04. The highest BCUT2D eigenvalue weighted by Gasteiger charge is 2.11. The zero-order valence-corrected chi connectivity index (χ0v) is 7.31. The molecule has 0 aromatic carbocycles. The number of hydrogen-bond donors (Lipinski definition) is 3. The van der Waals surface area contributed by atoms with Crippen LogP contribution in [0, 0.1) is 0 Å². The number of allylic oxidation sites excluding steroid dienone is 3. The molecule has 0 aromatic rings. The fraction of sp³-hybridized carbons (Fsp3) is 0.222. The molecule has 0 aliphatic heterocycles. The lowest BCUT2D eigenvalue weighted by molar-refractivity contribution is -0.138. The molecule has 0 bridgehead atoms. The quantitative estimate of drug-likeness (QED) is 0.536. The first kappa shape index (κ1) is 11.4. The van der Waals surface area contributed by atoms with Crippen molar-refractivity contribution >= 4 is 5.97 Å². The number of aliphatic carboxylic acids is 1. The molecule has 1 atom stereocenters. The Morgan fingerprint density at radius 2 is 2.23 bits per heavy atom. The van der Waals surface area contributed by atoms with Crippen LogP contribution in [-0.2, 0) is 4.79 Å². The Hall–Kier alpha value is -1.55. The van der Waals surface area contributed by atoms with E-state index in [9.17, 15) is 4.79 Å². The van der Waals surface area contributed by atoms with Crippen molar-refractivity contribution in [2.75, 3.05) is 0 Å². The molecule has 0 aliphatic rings. The zero-order chi connectivity index (χ0) is 10.3. The van der Waals surface area contributed by atoms with E-state index in [1.54, 1.807) is 18.2 Å². The third-order valence-electron chi connectivity index (χ3n) is 1.43. The minimum absolute atomic E-state index is 0.218. The number of carbonyl (C=O) groups is 1. The van der Waals surface area contributed by atoms with E-state index in [1.165, 1.54) is 6.20 Å². The van der Waals surface area contributed by atoms with Crippen LogP contribution in [0.4, 0.5) is 0 Å². The van der Waals surface area contributed by atoms with Crippen molar-refractivity contribution < 1.29 is 9.90 Å². The second-order valence-corrected chi connectivity index (χ2v) is 2.49. The Labute approximate surface area is 77.2 Å². The minimum Gasteiger partial charge on any atom is -0.480 e. The van der Waals surface area contributed by atoms with E-state index in [0.29, 0.717) is 5.57 Å². The summed E-state index contributed by atoms with van der Waals surface area (Å²) in [6.45, 7) is 3.48. The van der Waals surface area contributed by atoms with E-state index in [-0.39, 0.29) is 6.42 Å². The van der Waals surface area contributed by atoms with Crippen LogP contribution in [-0.4, -0.2) is 17.1 Å². The Bertz CT molecular complexity index is 244. The summed E-state index contributed by atoms with van der Waals surface area (Å²) in [5, 5.41) is 8.51.